The molecule has 140 heavy (non-hydrogen) atoms. The Bertz CT molecular complexity index is 6510. The Hall–Kier alpha value is -12.3. The Morgan fingerprint density at radius 3 is 1.63 bits per heavy atom. The number of methoxy groups -OCH3 is 1. The van der Waals surface area contributed by atoms with Gasteiger partial charge in [-0.25, -0.2) is 19.2 Å². The molecule has 0 spiro atoms. The van der Waals surface area contributed by atoms with Gasteiger partial charge in [0.1, 0.15) is 11.5 Å². The summed E-state index contributed by atoms with van der Waals surface area (Å²) in [5.74, 6) is 0.622. The first kappa shape index (κ1) is 107. The molecule has 740 valence electrons. The monoisotopic (exact) mass is 1930 g/mol. The quantitative estimate of drug-likeness (QED) is 0.0113. The summed E-state index contributed by atoms with van der Waals surface area (Å²) in [5.41, 5.74) is 28.6. The minimum Gasteiger partial charge on any atom is -0.496 e. The van der Waals surface area contributed by atoms with Crippen molar-refractivity contribution in [2.45, 2.75) is 247 Å². The molecule has 0 heterocycles. The van der Waals surface area contributed by atoms with Crippen LogP contribution < -0.4 is 9.47 Å². The summed E-state index contributed by atoms with van der Waals surface area (Å²) in [5, 5.41) is 49.0. The number of nitrogens with zero attached hydrogens (tertiary/aromatic N) is 1. The predicted molar refractivity (Wildman–Crippen MR) is 595 cm³/mol. The van der Waals surface area contributed by atoms with E-state index < -0.39 is 30.0 Å². The highest BCUT2D eigenvalue weighted by Gasteiger charge is 2.53. The van der Waals surface area contributed by atoms with E-state index in [1.165, 1.54) is 173 Å². The largest absolute Gasteiger partial charge is 0.496 e. The van der Waals surface area contributed by atoms with E-state index in [1.54, 1.807) is 67.6 Å². The summed E-state index contributed by atoms with van der Waals surface area (Å²) in [6, 6.07) is 67.8. The van der Waals surface area contributed by atoms with E-state index in [4.69, 9.17) is 44.5 Å². The molecule has 1 unspecified atom stereocenters. The molecule has 4 fully saturated rings. The molecule has 13 nitrogen and oxygen atoms in total. The van der Waals surface area contributed by atoms with Crippen LogP contribution >= 0.6 is 20.6 Å². The van der Waals surface area contributed by atoms with Crippen LogP contribution in [0.5, 0.6) is 11.5 Å². The summed E-state index contributed by atoms with van der Waals surface area (Å²) in [6.07, 6.45) is 40.4. The molecule has 8 aliphatic rings. The lowest BCUT2D eigenvalue weighted by molar-refractivity contribution is -0.131. The molecular formula is C124H152BClNO12P. The number of ether oxygens (including phenoxy) is 2. The first-order chi connectivity index (χ1) is 66.8. The number of rotatable bonds is 21. The van der Waals surface area contributed by atoms with Crippen molar-refractivity contribution in [3.63, 3.8) is 0 Å². The van der Waals surface area contributed by atoms with Gasteiger partial charge in [-0.1, -0.05) is 314 Å². The molecule has 1 atom stereocenters. The van der Waals surface area contributed by atoms with Crippen LogP contribution in [0.15, 0.2) is 282 Å². The van der Waals surface area contributed by atoms with E-state index in [1.807, 2.05) is 80.0 Å². The van der Waals surface area contributed by atoms with Gasteiger partial charge in [-0.05, 0) is 372 Å². The second-order valence-corrected chi connectivity index (χ2v) is 43.4. The second kappa shape index (κ2) is 46.4. The molecule has 0 aliphatic heterocycles. The average Bonchev–Trinajstić information content (AvgIpc) is 0.732. The van der Waals surface area contributed by atoms with Crippen molar-refractivity contribution in [1.29, 1.82) is 0 Å². The fraction of sp³-hybridized carbons (Fsp3) is 0.347. The standard InChI is InChI=1S/C28H28O3.C27H23ClO2.C24H28O3.C24H28O2.C20H28O2.CH4.BHNP.6H2/c1-30-27-7-5-24(21-2-3-23-12-25(31-17-29)6-4-22(23)11-21)13-26(27)28-14-18-8-19(15-28)10-20(9-18)16-28;1-27(2)15-14-22(19-6-4-3-5-7-19)23-16-18(9-13-24(23)27)8-10-20-11-12-21(26(29)30)17-25(20)28;1-23(2)13-14-24(3,4)20-15-18(10-11-19(20)23)21(25)12-7-16-5-8-17(9-6-16)22(26)27;1-16(14-17-6-8-18(9-7-17)22(25)26)19-10-11-20-21(15-19)24(4,5)13-12-23(20,2)3;1-15(8-6-9-16(2)14-19(21)22)11-12-18-17(3)10-7-13-20(18,4)5;;1-2-3;;;;;;/h2-7,11-13,17-20H,8-10,14-16H2,1H3;3-14,16-17H,15H2,1-2H3,(H,29,30);5-12,15,21,25H,13-14H2,1-4H3,(H,26,27);6-11,14-15H,12-13H2,1-5H3,(H,25,26);6,8-9,11-12,14H,7,10,13H2,1-5H3,(H,21,22);1H4;3H;6*1H/b;10-8+;12-7+;16-14+;9-6+,12-11+,15-8-,16-14+;;;;;;;;/i;;;;;;;1+2T;;;;;. The van der Waals surface area contributed by atoms with Gasteiger partial charge in [0.25, 0.3) is 14.5 Å². The number of hydrogen-bond acceptors (Lipinski definition) is 9. The van der Waals surface area contributed by atoms with Gasteiger partial charge in [-0.15, -0.1) is 0 Å². The molecule has 5 N–H and O–H groups in total. The molecular weight excluding hydrogens is 1770 g/mol. The fourth-order valence-corrected chi connectivity index (χ4v) is 22.1. The third-order valence-corrected chi connectivity index (χ3v) is 30.0. The van der Waals surface area contributed by atoms with Gasteiger partial charge in [0, 0.05) is 26.8 Å². The molecule has 10 aromatic rings. The van der Waals surface area contributed by atoms with E-state index in [2.05, 4.69) is 259 Å². The summed E-state index contributed by atoms with van der Waals surface area (Å²) in [7, 11) is 8.79. The number of hydrogen-bond donors (Lipinski definition) is 5. The van der Waals surface area contributed by atoms with Gasteiger partial charge in [0.2, 0.25) is 0 Å². The van der Waals surface area contributed by atoms with Crippen LogP contribution in [0, 0.1) is 23.2 Å². The van der Waals surface area contributed by atoms with E-state index in [0.717, 1.165) is 86.1 Å². The third-order valence-electron chi connectivity index (χ3n) is 29.6. The number of carbonyl (C=O) groups excluding carboxylic acids is 1. The maximum atomic E-state index is 11.1. The van der Waals surface area contributed by atoms with Gasteiger partial charge in [0.15, 0.2) is 0 Å². The number of allylic oxidation sites excluding steroid dienone is 11. The second-order valence-electron chi connectivity index (χ2n) is 42.8. The van der Waals surface area contributed by atoms with Crippen molar-refractivity contribution in [1.82, 2.24) is 0 Å². The van der Waals surface area contributed by atoms with Crippen LogP contribution in [0.2, 0.25) is 5.02 Å². The molecule has 8 aliphatic carbocycles. The zero-order valence-corrected chi connectivity index (χ0v) is 85.6. The SMILES string of the molecule is C.C/C(=C\c1ccc(C(=O)O)cc1)c1ccc2c(c1)C(C)(C)CCC2(C)C.CC1(C)CC=C(c2ccccc2)c2cc(/C=C/c3ccc(C(=O)O)cc3Cl)ccc21.CC1(C)CCC(C)(C)c2cc(C(O)/C=C/c3ccc(C(=O)O)cc3)ccc21.CC1=C(/C=C/C(C)=C\C=C\C(C)=C\C(=O)O)C(C)(C)CCC1.COc1ccc(-c2ccc3cc(OC=O)ccc3c2)cc1C12CC3CC(CC(C3)C1)C2.[3H][3H].[B]N=P.[HH].[HH].[HH].[HH].[HH]. The van der Waals surface area contributed by atoms with Crippen LogP contribution in [-0.4, -0.2) is 71.0 Å². The van der Waals surface area contributed by atoms with Gasteiger partial charge >= 0.3 is 23.9 Å². The molecule has 4 saturated carbocycles. The molecule has 16 heteroatoms. The minimum atomic E-state index is -0.982. The number of carbonyl (C=O) groups is 5. The highest BCUT2D eigenvalue weighted by atomic mass is 35.5. The molecule has 0 aromatic heterocycles. The van der Waals surface area contributed by atoms with Gasteiger partial charge in [-0.2, -0.15) is 0 Å². The predicted octanol–water partition coefficient (Wildman–Crippen LogP) is 33.7. The topological polar surface area (TPSA) is 217 Å². The van der Waals surface area contributed by atoms with Crippen molar-refractivity contribution in [2.24, 2.45) is 27.8 Å². The highest BCUT2D eigenvalue weighted by molar-refractivity contribution is 7.05. The summed E-state index contributed by atoms with van der Waals surface area (Å²) in [4.78, 5) is 54.2. The summed E-state index contributed by atoms with van der Waals surface area (Å²) < 4.78 is 23.7. The van der Waals surface area contributed by atoms with Gasteiger partial charge in [0.05, 0.1) is 29.9 Å². The Morgan fingerprint density at radius 1 is 0.529 bits per heavy atom. The molecule has 0 saturated heterocycles. The number of aliphatic carboxylic acids is 1. The van der Waals surface area contributed by atoms with E-state index in [9.17, 15) is 29.1 Å². The maximum Gasteiger partial charge on any atom is 0.335 e. The van der Waals surface area contributed by atoms with Crippen LogP contribution in [-0.2, 0) is 42.1 Å². The number of carboxylic acids is 4. The van der Waals surface area contributed by atoms with Crippen LogP contribution in [0.25, 0.3) is 57.3 Å². The Labute approximate surface area is 850 Å². The molecule has 2 radical (unpaired) electrons. The zero-order chi connectivity index (χ0) is 103. The average molecular weight is 1930 g/mol. The van der Waals surface area contributed by atoms with Gasteiger partial charge < -0.3 is 39.7 Å². The molecule has 4 bridgehead atoms. The van der Waals surface area contributed by atoms with Gasteiger partial charge in [-0.3, -0.25) is 4.79 Å². The lowest BCUT2D eigenvalue weighted by atomic mass is 9.48. The normalized spacial score (nSPS) is 19.9. The summed E-state index contributed by atoms with van der Waals surface area (Å²) >= 11 is 6.27. The number of aliphatic hydroxyl groups is 1. The number of benzene rings is 10. The first-order valence-electron chi connectivity index (χ1n) is 49.5. The lowest BCUT2D eigenvalue weighted by Crippen LogP contribution is -2.48. The van der Waals surface area contributed by atoms with E-state index >= 15 is 0 Å². The Morgan fingerprint density at radius 2 is 1.06 bits per heavy atom. The van der Waals surface area contributed by atoms with Crippen molar-refractivity contribution < 1.29 is 69.1 Å². The van der Waals surface area contributed by atoms with Crippen molar-refractivity contribution in [3.05, 3.63) is 377 Å². The lowest BCUT2D eigenvalue weighted by Gasteiger charge is -2.57. The van der Waals surface area contributed by atoms with Crippen molar-refractivity contribution in [2.75, 3.05) is 7.11 Å². The minimum absolute atomic E-state index is 0. The molecule has 10 aromatic carbocycles. The maximum absolute atomic E-state index is 11.1. The van der Waals surface area contributed by atoms with Crippen LogP contribution in [0.1, 0.15) is 333 Å². The highest BCUT2D eigenvalue weighted by Crippen LogP contribution is 2.63. The van der Waals surface area contributed by atoms with Crippen LogP contribution in [0.3, 0.4) is 0 Å². The van der Waals surface area contributed by atoms with Crippen molar-refractivity contribution in [3.8, 4) is 22.6 Å². The Balaban J connectivity index is 0.000000318. The molecule has 18 rings (SSSR count). The molecule has 0 amide bonds. The number of carboxylic acid groups (broad SMARTS) is 4. The van der Waals surface area contributed by atoms with E-state index in [-0.39, 0.29) is 58.2 Å². The number of aromatic carboxylic acids is 3. The summed E-state index contributed by atoms with van der Waals surface area (Å²) in [6.45, 7) is 36.3. The van der Waals surface area contributed by atoms with Crippen molar-refractivity contribution >= 4 is 105 Å². The zero-order valence-electron chi connectivity index (χ0n) is 85.8. The number of aliphatic hydroxyl groups excluding tert-OH is 1. The fourth-order valence-electron chi connectivity index (χ4n) is 21.8. The number of fused-ring (bicyclic) bond motifs is 4. The Kier molecular flexibility index (Phi) is 35.3. The first-order valence-corrected chi connectivity index (χ1v) is 49.3. The third kappa shape index (κ3) is 27.1. The number of halogens is 1. The van der Waals surface area contributed by atoms with E-state index in [0.29, 0.717) is 28.2 Å². The smallest absolute Gasteiger partial charge is 0.335 e. The van der Waals surface area contributed by atoms with Crippen LogP contribution in [0.4, 0.5) is 0 Å².